The maximum absolute atomic E-state index is 5.70. The van der Waals surface area contributed by atoms with Crippen molar-refractivity contribution in [3.63, 3.8) is 0 Å². The molecule has 1 atom stereocenters. The van der Waals surface area contributed by atoms with Gasteiger partial charge in [-0.15, -0.1) is 11.8 Å². The molecule has 2 aliphatic rings. The van der Waals surface area contributed by atoms with Crippen molar-refractivity contribution in [2.24, 2.45) is 5.92 Å². The minimum Gasteiger partial charge on any atom is -0.348 e. The number of hydrogen-bond acceptors (Lipinski definition) is 2. The number of hydrogen-bond donors (Lipinski definition) is 0. The Morgan fingerprint density at radius 2 is 2.07 bits per heavy atom. The average molecular weight is 208 g/mol. The highest BCUT2D eigenvalue weighted by Gasteiger charge is 2.31. The van der Waals surface area contributed by atoms with Crippen LogP contribution in [0.2, 0.25) is 0 Å². The van der Waals surface area contributed by atoms with Crippen LogP contribution in [0.4, 0.5) is 0 Å². The normalized spacial score (nSPS) is 28.5. The lowest BCUT2D eigenvalue weighted by Gasteiger charge is -2.16. The summed E-state index contributed by atoms with van der Waals surface area (Å²) in [5, 5.41) is 0. The maximum atomic E-state index is 5.70. The van der Waals surface area contributed by atoms with E-state index < -0.39 is 0 Å². The van der Waals surface area contributed by atoms with Crippen molar-refractivity contribution < 1.29 is 9.47 Å². The van der Waals surface area contributed by atoms with Crippen LogP contribution in [-0.4, -0.2) is 18.5 Å². The van der Waals surface area contributed by atoms with Crippen molar-refractivity contribution in [2.75, 3.05) is 6.61 Å². The SMILES string of the molecule is CC1(C)OC[C@H](CCC#CCC2CC2)O1. The lowest BCUT2D eigenvalue weighted by molar-refractivity contribution is -0.138. The number of ether oxygens (including phenoxy) is 2. The van der Waals surface area contributed by atoms with Gasteiger partial charge < -0.3 is 9.47 Å². The minimum atomic E-state index is -0.383. The zero-order valence-corrected chi connectivity index (χ0v) is 9.71. The summed E-state index contributed by atoms with van der Waals surface area (Å²) in [7, 11) is 0. The Morgan fingerprint density at radius 1 is 1.27 bits per heavy atom. The zero-order chi connectivity index (χ0) is 10.7. The monoisotopic (exact) mass is 208 g/mol. The van der Waals surface area contributed by atoms with Crippen LogP contribution in [-0.2, 0) is 9.47 Å². The molecular formula is C13H20O2. The summed E-state index contributed by atoms with van der Waals surface area (Å²) in [5.74, 6) is 7.01. The molecule has 1 heterocycles. The van der Waals surface area contributed by atoms with Gasteiger partial charge in [0.15, 0.2) is 5.79 Å². The van der Waals surface area contributed by atoms with Crippen molar-refractivity contribution in [3.8, 4) is 11.8 Å². The van der Waals surface area contributed by atoms with Gasteiger partial charge in [0.05, 0.1) is 12.7 Å². The molecule has 0 spiro atoms. The molecule has 1 aliphatic carbocycles. The van der Waals surface area contributed by atoms with Gasteiger partial charge in [-0.1, -0.05) is 0 Å². The molecule has 0 unspecified atom stereocenters. The predicted molar refractivity (Wildman–Crippen MR) is 59.3 cm³/mol. The Hall–Kier alpha value is -0.520. The Balaban J connectivity index is 1.58. The molecule has 2 heteroatoms. The van der Waals surface area contributed by atoms with Gasteiger partial charge in [-0.3, -0.25) is 0 Å². The van der Waals surface area contributed by atoms with Crippen LogP contribution >= 0.6 is 0 Å². The van der Waals surface area contributed by atoms with Crippen molar-refractivity contribution in [3.05, 3.63) is 0 Å². The Kier molecular flexibility index (Phi) is 3.33. The maximum Gasteiger partial charge on any atom is 0.163 e. The fraction of sp³-hybridized carbons (Fsp3) is 0.846. The second kappa shape index (κ2) is 4.55. The van der Waals surface area contributed by atoms with Gasteiger partial charge in [0, 0.05) is 12.8 Å². The molecular weight excluding hydrogens is 188 g/mol. The lowest BCUT2D eigenvalue weighted by atomic mass is 10.2. The summed E-state index contributed by atoms with van der Waals surface area (Å²) in [5.41, 5.74) is 0. The molecule has 0 N–H and O–H groups in total. The van der Waals surface area contributed by atoms with Gasteiger partial charge in [0.1, 0.15) is 0 Å². The van der Waals surface area contributed by atoms with Crippen LogP contribution in [0, 0.1) is 17.8 Å². The zero-order valence-electron chi connectivity index (χ0n) is 9.71. The largest absolute Gasteiger partial charge is 0.348 e. The van der Waals surface area contributed by atoms with Crippen molar-refractivity contribution in [1.82, 2.24) is 0 Å². The third-order valence-corrected chi connectivity index (χ3v) is 2.87. The Bertz CT molecular complexity index is 268. The highest BCUT2D eigenvalue weighted by atomic mass is 16.7. The summed E-state index contributed by atoms with van der Waals surface area (Å²) in [6, 6.07) is 0. The van der Waals surface area contributed by atoms with E-state index in [0.717, 1.165) is 31.8 Å². The first-order valence-electron chi connectivity index (χ1n) is 5.93. The molecule has 0 aromatic carbocycles. The van der Waals surface area contributed by atoms with Crippen molar-refractivity contribution in [2.45, 2.75) is 57.8 Å². The van der Waals surface area contributed by atoms with Crippen molar-refractivity contribution in [1.29, 1.82) is 0 Å². The average Bonchev–Trinajstić information content (AvgIpc) is 2.91. The van der Waals surface area contributed by atoms with Gasteiger partial charge in [-0.25, -0.2) is 0 Å². The minimum absolute atomic E-state index is 0.246. The fourth-order valence-corrected chi connectivity index (χ4v) is 1.77. The van der Waals surface area contributed by atoms with Gasteiger partial charge in [-0.05, 0) is 39.0 Å². The standard InChI is InChI=1S/C13H20O2/c1-13(2)14-10-12(15-13)7-5-3-4-6-11-8-9-11/h11-12H,5-10H2,1-2H3/t12-/m0/s1. The highest BCUT2D eigenvalue weighted by molar-refractivity contribution is 5.02. The molecule has 2 rings (SSSR count). The van der Waals surface area contributed by atoms with Gasteiger partial charge in [0.2, 0.25) is 0 Å². The number of rotatable bonds is 3. The van der Waals surface area contributed by atoms with Crippen LogP contribution in [0.25, 0.3) is 0 Å². The third-order valence-electron chi connectivity index (χ3n) is 2.87. The summed E-state index contributed by atoms with van der Waals surface area (Å²) in [6.45, 7) is 4.65. The summed E-state index contributed by atoms with van der Waals surface area (Å²) in [6.07, 6.45) is 6.08. The van der Waals surface area contributed by atoms with Gasteiger partial charge in [-0.2, -0.15) is 0 Å². The molecule has 0 radical (unpaired) electrons. The van der Waals surface area contributed by atoms with E-state index in [4.69, 9.17) is 9.47 Å². The van der Waals surface area contributed by atoms with E-state index in [1.807, 2.05) is 13.8 Å². The molecule has 2 nitrogen and oxygen atoms in total. The van der Waals surface area contributed by atoms with Gasteiger partial charge in [0.25, 0.3) is 0 Å². The lowest BCUT2D eigenvalue weighted by Crippen LogP contribution is -2.21. The van der Waals surface area contributed by atoms with Gasteiger partial charge >= 0.3 is 0 Å². The first-order valence-corrected chi connectivity index (χ1v) is 5.93. The molecule has 0 aromatic rings. The van der Waals surface area contributed by atoms with E-state index in [-0.39, 0.29) is 11.9 Å². The molecule has 1 saturated carbocycles. The topological polar surface area (TPSA) is 18.5 Å². The molecule has 2 fully saturated rings. The van der Waals surface area contributed by atoms with Crippen LogP contribution in [0.3, 0.4) is 0 Å². The first kappa shape index (κ1) is 11.0. The predicted octanol–water partition coefficient (Wildman–Crippen LogP) is 2.72. The summed E-state index contributed by atoms with van der Waals surface area (Å²) >= 11 is 0. The van der Waals surface area contributed by atoms with Crippen LogP contribution in [0.5, 0.6) is 0 Å². The molecule has 1 saturated heterocycles. The van der Waals surface area contributed by atoms with E-state index in [1.54, 1.807) is 0 Å². The highest BCUT2D eigenvalue weighted by Crippen LogP contribution is 2.31. The molecule has 0 aromatic heterocycles. The molecule has 0 bridgehead atoms. The van der Waals surface area contributed by atoms with Crippen molar-refractivity contribution >= 4 is 0 Å². The molecule has 15 heavy (non-hydrogen) atoms. The van der Waals surface area contributed by atoms with E-state index in [9.17, 15) is 0 Å². The Labute approximate surface area is 92.3 Å². The molecule has 1 aliphatic heterocycles. The van der Waals surface area contributed by atoms with E-state index in [1.165, 1.54) is 12.8 Å². The molecule has 0 amide bonds. The quantitative estimate of drug-likeness (QED) is 0.664. The first-order chi connectivity index (χ1) is 7.16. The van der Waals surface area contributed by atoms with E-state index in [2.05, 4.69) is 11.8 Å². The van der Waals surface area contributed by atoms with Crippen LogP contribution < -0.4 is 0 Å². The second-order valence-electron chi connectivity index (χ2n) is 4.99. The fourth-order valence-electron chi connectivity index (χ4n) is 1.77. The third kappa shape index (κ3) is 3.85. The van der Waals surface area contributed by atoms with E-state index >= 15 is 0 Å². The van der Waals surface area contributed by atoms with E-state index in [0.29, 0.717) is 0 Å². The molecule has 84 valence electrons. The van der Waals surface area contributed by atoms with Crippen LogP contribution in [0.1, 0.15) is 46.0 Å². The second-order valence-corrected chi connectivity index (χ2v) is 4.99. The summed E-state index contributed by atoms with van der Waals surface area (Å²) in [4.78, 5) is 0. The smallest absolute Gasteiger partial charge is 0.163 e. The Morgan fingerprint density at radius 3 is 2.67 bits per heavy atom. The summed E-state index contributed by atoms with van der Waals surface area (Å²) < 4.78 is 11.2. The van der Waals surface area contributed by atoms with Crippen LogP contribution in [0.15, 0.2) is 0 Å².